The normalized spacial score (nSPS) is 10.8. The summed E-state index contributed by atoms with van der Waals surface area (Å²) < 4.78 is 1.47. The maximum Gasteiger partial charge on any atom is 0.347 e. The van der Waals surface area contributed by atoms with Gasteiger partial charge in [0.1, 0.15) is 5.82 Å². The van der Waals surface area contributed by atoms with Crippen molar-refractivity contribution in [3.8, 4) is 5.69 Å². The van der Waals surface area contributed by atoms with Crippen LogP contribution in [0, 0.1) is 0 Å². The smallest absolute Gasteiger partial charge is 0.330 e. The Kier molecular flexibility index (Phi) is 4.06. The highest BCUT2D eigenvalue weighted by atomic mass is 35.5. The molecule has 18 heavy (non-hydrogen) atoms. The third kappa shape index (κ3) is 2.58. The molecule has 0 aliphatic heterocycles. The molecule has 0 bridgehead atoms. The predicted octanol–water partition coefficient (Wildman–Crippen LogP) is 1.76. The van der Waals surface area contributed by atoms with Crippen molar-refractivity contribution < 1.29 is 0 Å². The highest BCUT2D eigenvalue weighted by Gasteiger charge is 2.11. The molecule has 1 aromatic carbocycles. The molecule has 1 heterocycles. The van der Waals surface area contributed by atoms with Gasteiger partial charge in [-0.2, -0.15) is 5.10 Å². The van der Waals surface area contributed by atoms with E-state index in [0.717, 1.165) is 6.42 Å². The van der Waals surface area contributed by atoms with Crippen LogP contribution < -0.4 is 11.4 Å². The molecule has 2 aromatic rings. The molecule has 0 spiro atoms. The number of halogens is 2. The quantitative estimate of drug-likeness (QED) is 0.899. The SMILES string of the molecule is NCCCc1n[nH]c(=O)n1-c1ccc(Cl)c(Cl)c1. The Hall–Kier alpha value is -1.30. The first kappa shape index (κ1) is 13.1. The van der Waals surface area contributed by atoms with Crippen molar-refractivity contribution in [3.63, 3.8) is 0 Å². The van der Waals surface area contributed by atoms with Crippen molar-refractivity contribution in [2.45, 2.75) is 12.8 Å². The van der Waals surface area contributed by atoms with Gasteiger partial charge >= 0.3 is 5.69 Å². The lowest BCUT2D eigenvalue weighted by Gasteiger charge is -2.06. The molecular formula is C11H12Cl2N4O. The van der Waals surface area contributed by atoms with Gasteiger partial charge in [-0.05, 0) is 31.2 Å². The molecule has 0 radical (unpaired) electrons. The average molecular weight is 287 g/mol. The molecule has 0 atom stereocenters. The van der Waals surface area contributed by atoms with Crippen LogP contribution in [0.3, 0.4) is 0 Å². The maximum absolute atomic E-state index is 11.7. The van der Waals surface area contributed by atoms with E-state index in [1.165, 1.54) is 4.57 Å². The van der Waals surface area contributed by atoms with E-state index in [1.807, 2.05) is 0 Å². The van der Waals surface area contributed by atoms with Crippen LogP contribution in [-0.4, -0.2) is 21.3 Å². The van der Waals surface area contributed by atoms with Gasteiger partial charge in [-0.25, -0.2) is 14.5 Å². The molecule has 0 amide bonds. The summed E-state index contributed by atoms with van der Waals surface area (Å²) >= 11 is 11.8. The number of aromatic amines is 1. The van der Waals surface area contributed by atoms with Gasteiger partial charge in [0.15, 0.2) is 0 Å². The Morgan fingerprint density at radius 3 is 2.78 bits per heavy atom. The largest absolute Gasteiger partial charge is 0.347 e. The number of nitrogens with zero attached hydrogens (tertiary/aromatic N) is 2. The number of benzene rings is 1. The van der Waals surface area contributed by atoms with Crippen LogP contribution in [0.25, 0.3) is 5.69 Å². The molecule has 1 aromatic heterocycles. The van der Waals surface area contributed by atoms with Gasteiger partial charge in [-0.15, -0.1) is 0 Å². The zero-order valence-electron chi connectivity index (χ0n) is 9.49. The first-order valence-electron chi connectivity index (χ1n) is 5.45. The minimum Gasteiger partial charge on any atom is -0.330 e. The number of nitrogens with one attached hydrogen (secondary N) is 1. The summed E-state index contributed by atoms with van der Waals surface area (Å²) in [4.78, 5) is 11.7. The lowest BCUT2D eigenvalue weighted by Crippen LogP contribution is -2.17. The van der Waals surface area contributed by atoms with Crippen molar-refractivity contribution >= 4 is 23.2 Å². The summed E-state index contributed by atoms with van der Waals surface area (Å²) in [6.45, 7) is 0.544. The molecule has 0 unspecified atom stereocenters. The molecule has 0 saturated heterocycles. The number of hydrogen-bond donors (Lipinski definition) is 2. The van der Waals surface area contributed by atoms with E-state index in [-0.39, 0.29) is 5.69 Å². The van der Waals surface area contributed by atoms with Gasteiger partial charge < -0.3 is 5.73 Å². The molecule has 96 valence electrons. The Labute approximate surface area is 114 Å². The van der Waals surface area contributed by atoms with Gasteiger partial charge in [0.25, 0.3) is 0 Å². The van der Waals surface area contributed by atoms with Crippen molar-refractivity contribution in [2.24, 2.45) is 5.73 Å². The second kappa shape index (κ2) is 5.56. The molecule has 0 fully saturated rings. The van der Waals surface area contributed by atoms with Crippen LogP contribution in [0.15, 0.2) is 23.0 Å². The highest BCUT2D eigenvalue weighted by Crippen LogP contribution is 2.24. The van der Waals surface area contributed by atoms with Crippen LogP contribution in [0.5, 0.6) is 0 Å². The number of aromatic nitrogens is 3. The van der Waals surface area contributed by atoms with Gasteiger partial charge in [0.2, 0.25) is 0 Å². The number of nitrogens with two attached hydrogens (primary N) is 1. The second-order valence-corrected chi connectivity index (χ2v) is 4.59. The molecule has 0 aliphatic rings. The van der Waals surface area contributed by atoms with Crippen molar-refractivity contribution in [1.29, 1.82) is 0 Å². The summed E-state index contributed by atoms with van der Waals surface area (Å²) in [6, 6.07) is 5.00. The van der Waals surface area contributed by atoms with E-state index >= 15 is 0 Å². The minimum absolute atomic E-state index is 0.305. The van der Waals surface area contributed by atoms with E-state index < -0.39 is 0 Å². The van der Waals surface area contributed by atoms with Crippen LogP contribution in [0.4, 0.5) is 0 Å². The van der Waals surface area contributed by atoms with Crippen molar-refractivity contribution in [2.75, 3.05) is 6.54 Å². The van der Waals surface area contributed by atoms with Crippen molar-refractivity contribution in [1.82, 2.24) is 14.8 Å². The average Bonchev–Trinajstić information content (AvgIpc) is 2.71. The summed E-state index contributed by atoms with van der Waals surface area (Å²) in [5.74, 6) is 0.629. The number of rotatable bonds is 4. The first-order chi connectivity index (χ1) is 8.63. The lowest BCUT2D eigenvalue weighted by atomic mass is 10.2. The van der Waals surface area contributed by atoms with E-state index in [2.05, 4.69) is 10.2 Å². The monoisotopic (exact) mass is 286 g/mol. The summed E-state index contributed by atoms with van der Waals surface area (Å²) in [5, 5.41) is 7.24. The zero-order valence-corrected chi connectivity index (χ0v) is 11.0. The molecule has 7 heteroatoms. The zero-order chi connectivity index (χ0) is 13.1. The fourth-order valence-electron chi connectivity index (χ4n) is 1.65. The minimum atomic E-state index is -0.305. The predicted molar refractivity (Wildman–Crippen MR) is 71.6 cm³/mol. The van der Waals surface area contributed by atoms with E-state index in [9.17, 15) is 4.79 Å². The van der Waals surface area contributed by atoms with Crippen LogP contribution in [0.1, 0.15) is 12.2 Å². The van der Waals surface area contributed by atoms with Crippen LogP contribution >= 0.6 is 23.2 Å². The first-order valence-corrected chi connectivity index (χ1v) is 6.21. The topological polar surface area (TPSA) is 76.7 Å². The van der Waals surface area contributed by atoms with Gasteiger partial charge in [-0.1, -0.05) is 23.2 Å². The Morgan fingerprint density at radius 2 is 2.11 bits per heavy atom. The molecule has 0 aliphatic carbocycles. The Balaban J connectivity index is 2.45. The third-order valence-electron chi connectivity index (χ3n) is 2.51. The Morgan fingerprint density at radius 1 is 1.33 bits per heavy atom. The number of hydrogen-bond acceptors (Lipinski definition) is 3. The summed E-state index contributed by atoms with van der Waals surface area (Å²) in [7, 11) is 0. The maximum atomic E-state index is 11.7. The molecule has 0 saturated carbocycles. The lowest BCUT2D eigenvalue weighted by molar-refractivity contribution is 0.757. The summed E-state index contributed by atoms with van der Waals surface area (Å²) in [5.41, 5.74) is 5.78. The third-order valence-corrected chi connectivity index (χ3v) is 3.25. The standard InChI is InChI=1S/C11H12Cl2N4O/c12-8-4-3-7(6-9(8)13)17-10(2-1-5-14)15-16-11(17)18/h3-4,6H,1-2,5,14H2,(H,16,18). The molecule has 5 nitrogen and oxygen atoms in total. The summed E-state index contributed by atoms with van der Waals surface area (Å²) in [6.07, 6.45) is 1.38. The second-order valence-electron chi connectivity index (χ2n) is 3.77. The van der Waals surface area contributed by atoms with Crippen molar-refractivity contribution in [3.05, 3.63) is 44.6 Å². The fraction of sp³-hybridized carbons (Fsp3) is 0.273. The van der Waals surface area contributed by atoms with E-state index in [4.69, 9.17) is 28.9 Å². The number of H-pyrrole nitrogens is 1. The highest BCUT2D eigenvalue weighted by molar-refractivity contribution is 6.42. The molecule has 3 N–H and O–H groups in total. The van der Waals surface area contributed by atoms with Gasteiger partial charge in [0.05, 0.1) is 15.7 Å². The van der Waals surface area contributed by atoms with Gasteiger partial charge in [0, 0.05) is 6.42 Å². The van der Waals surface area contributed by atoms with Crippen LogP contribution in [0.2, 0.25) is 10.0 Å². The molecule has 2 rings (SSSR count). The van der Waals surface area contributed by atoms with Crippen LogP contribution in [-0.2, 0) is 6.42 Å². The number of aryl methyl sites for hydroxylation is 1. The van der Waals surface area contributed by atoms with Gasteiger partial charge in [-0.3, -0.25) is 0 Å². The van der Waals surface area contributed by atoms with E-state index in [1.54, 1.807) is 18.2 Å². The fourth-order valence-corrected chi connectivity index (χ4v) is 1.94. The van der Waals surface area contributed by atoms with E-state index in [0.29, 0.717) is 34.5 Å². The molecular weight excluding hydrogens is 275 g/mol. The Bertz CT molecular complexity index is 605.